The minimum atomic E-state index is -5.27. The fourth-order valence-electron chi connectivity index (χ4n) is 1.37. The van der Waals surface area contributed by atoms with Gasteiger partial charge in [-0.05, 0) is 30.0 Å². The molecular formula is C12H16BF4O-. The Morgan fingerprint density at radius 2 is 1.78 bits per heavy atom. The average molecular weight is 263 g/mol. The van der Waals surface area contributed by atoms with Gasteiger partial charge in [-0.3, -0.25) is 0 Å². The molecule has 0 aliphatic rings. The number of benzene rings is 1. The molecule has 0 spiro atoms. The zero-order chi connectivity index (χ0) is 14.0. The maximum absolute atomic E-state index is 12.8. The lowest BCUT2D eigenvalue weighted by Gasteiger charge is -2.22. The van der Waals surface area contributed by atoms with Crippen LogP contribution in [0.2, 0.25) is 0 Å². The molecule has 0 saturated heterocycles. The lowest BCUT2D eigenvalue weighted by atomic mass is 9.79. The first-order chi connectivity index (χ1) is 8.09. The maximum atomic E-state index is 12.8. The summed E-state index contributed by atoms with van der Waals surface area (Å²) in [7, 11) is 0. The van der Waals surface area contributed by atoms with E-state index in [1.807, 2.05) is 20.8 Å². The van der Waals surface area contributed by atoms with Crippen LogP contribution >= 0.6 is 0 Å². The topological polar surface area (TPSA) is 9.23 Å². The summed E-state index contributed by atoms with van der Waals surface area (Å²) in [6, 6.07) is 2.48. The van der Waals surface area contributed by atoms with Crippen molar-refractivity contribution in [3.8, 4) is 5.75 Å². The lowest BCUT2D eigenvalue weighted by molar-refractivity contribution is 0.243. The van der Waals surface area contributed by atoms with E-state index in [1.165, 1.54) is 0 Å². The summed E-state index contributed by atoms with van der Waals surface area (Å²) in [4.78, 5) is 0. The second-order valence-corrected chi connectivity index (χ2v) is 5.42. The number of ether oxygens (including phenoxy) is 1. The summed E-state index contributed by atoms with van der Waals surface area (Å²) in [6.45, 7) is 0.810. The van der Waals surface area contributed by atoms with Crippen LogP contribution in [0.4, 0.5) is 17.3 Å². The minimum absolute atomic E-state index is 0.0242. The Morgan fingerprint density at radius 1 is 1.17 bits per heavy atom. The van der Waals surface area contributed by atoms with Crippen LogP contribution in [0, 0.1) is 11.2 Å². The maximum Gasteiger partial charge on any atom is 0.513 e. The third kappa shape index (κ3) is 4.59. The first-order valence-electron chi connectivity index (χ1n) is 5.72. The third-order valence-corrected chi connectivity index (χ3v) is 2.43. The molecular weight excluding hydrogens is 247 g/mol. The average Bonchev–Trinajstić information content (AvgIpc) is 2.17. The summed E-state index contributed by atoms with van der Waals surface area (Å²) >= 11 is 0. The summed E-state index contributed by atoms with van der Waals surface area (Å²) in [6.07, 6.45) is 0.620. The van der Waals surface area contributed by atoms with Gasteiger partial charge in [0, 0.05) is 0 Å². The molecule has 1 nitrogen and oxygen atoms in total. The minimum Gasteiger partial charge on any atom is -0.497 e. The van der Waals surface area contributed by atoms with E-state index in [9.17, 15) is 17.3 Å². The molecule has 1 rings (SSSR count). The van der Waals surface area contributed by atoms with Gasteiger partial charge in [-0.2, -0.15) is 0 Å². The summed E-state index contributed by atoms with van der Waals surface area (Å²) < 4.78 is 56.1. The predicted molar refractivity (Wildman–Crippen MR) is 64.7 cm³/mol. The number of hydrogen-bond acceptors (Lipinski definition) is 1. The van der Waals surface area contributed by atoms with Gasteiger partial charge in [0.1, 0.15) is 5.82 Å². The molecule has 0 unspecified atom stereocenters. The van der Waals surface area contributed by atoms with E-state index in [-0.39, 0.29) is 17.8 Å². The van der Waals surface area contributed by atoms with E-state index >= 15 is 0 Å². The normalized spacial score (nSPS) is 12.6. The van der Waals surface area contributed by atoms with Crippen molar-refractivity contribution in [2.45, 2.75) is 27.2 Å². The van der Waals surface area contributed by atoms with Gasteiger partial charge in [0.2, 0.25) is 0 Å². The van der Waals surface area contributed by atoms with Crippen LogP contribution in [0.3, 0.4) is 0 Å². The van der Waals surface area contributed by atoms with Gasteiger partial charge >= 0.3 is 6.98 Å². The van der Waals surface area contributed by atoms with Crippen molar-refractivity contribution >= 4 is 12.4 Å². The second kappa shape index (κ2) is 5.20. The molecule has 0 amide bonds. The smallest absolute Gasteiger partial charge is 0.497 e. The van der Waals surface area contributed by atoms with Crippen molar-refractivity contribution in [3.63, 3.8) is 0 Å². The van der Waals surface area contributed by atoms with Gasteiger partial charge in [-0.25, -0.2) is 4.39 Å². The highest BCUT2D eigenvalue weighted by Gasteiger charge is 2.29. The standard InChI is InChI=1S/C12H16BF4O/c1-12(2,3)6-7-18-11-5-4-9(14)8-10(11)13(15,16)17/h4-5,8H,6-7H2,1-3H3/q-1. The largest absolute Gasteiger partial charge is 0.513 e. The molecule has 0 aliphatic carbocycles. The number of rotatable bonds is 4. The fourth-order valence-corrected chi connectivity index (χ4v) is 1.37. The van der Waals surface area contributed by atoms with Crippen molar-refractivity contribution in [3.05, 3.63) is 24.0 Å². The highest BCUT2D eigenvalue weighted by atomic mass is 19.4. The fraction of sp³-hybridized carbons (Fsp3) is 0.500. The zero-order valence-corrected chi connectivity index (χ0v) is 10.6. The Hall–Kier alpha value is -1.20. The van der Waals surface area contributed by atoms with Gasteiger partial charge in [0.15, 0.2) is 0 Å². The molecule has 18 heavy (non-hydrogen) atoms. The van der Waals surface area contributed by atoms with Crippen LogP contribution in [0.5, 0.6) is 5.75 Å². The Kier molecular flexibility index (Phi) is 4.30. The summed E-state index contributed by atoms with van der Waals surface area (Å²) in [5.74, 6) is -1.21. The van der Waals surface area contributed by atoms with Crippen LogP contribution in [-0.2, 0) is 0 Å². The zero-order valence-electron chi connectivity index (χ0n) is 10.6. The van der Waals surface area contributed by atoms with E-state index in [1.54, 1.807) is 0 Å². The Bertz CT molecular complexity index is 410. The van der Waals surface area contributed by atoms with Crippen LogP contribution in [0.25, 0.3) is 0 Å². The SMILES string of the molecule is CC(C)(C)CCOc1ccc(F)cc1[B-](F)(F)F. The molecule has 0 saturated carbocycles. The van der Waals surface area contributed by atoms with Crippen molar-refractivity contribution in [1.29, 1.82) is 0 Å². The highest BCUT2D eigenvalue weighted by molar-refractivity contribution is 6.74. The molecule has 6 heteroatoms. The molecule has 1 aromatic rings. The predicted octanol–water partition coefficient (Wildman–Crippen LogP) is 3.70. The van der Waals surface area contributed by atoms with Crippen molar-refractivity contribution in [2.75, 3.05) is 6.61 Å². The molecule has 0 N–H and O–H groups in total. The van der Waals surface area contributed by atoms with Gasteiger partial charge in [0.25, 0.3) is 0 Å². The molecule has 0 aromatic heterocycles. The molecule has 1 aromatic carbocycles. The van der Waals surface area contributed by atoms with Crippen molar-refractivity contribution in [1.82, 2.24) is 0 Å². The third-order valence-electron chi connectivity index (χ3n) is 2.43. The molecule has 102 valence electrons. The first kappa shape index (κ1) is 14.9. The van der Waals surface area contributed by atoms with Crippen molar-refractivity contribution in [2.24, 2.45) is 5.41 Å². The van der Waals surface area contributed by atoms with E-state index in [4.69, 9.17) is 4.74 Å². The Balaban J connectivity index is 2.83. The molecule has 0 heterocycles. The van der Waals surface area contributed by atoms with Crippen LogP contribution in [0.15, 0.2) is 18.2 Å². The van der Waals surface area contributed by atoms with E-state index in [0.717, 1.165) is 12.1 Å². The lowest BCUT2D eigenvalue weighted by Crippen LogP contribution is -2.36. The molecule has 0 bridgehead atoms. The monoisotopic (exact) mass is 263 g/mol. The van der Waals surface area contributed by atoms with Gasteiger partial charge in [0.05, 0.1) is 12.4 Å². The number of hydrogen-bond donors (Lipinski definition) is 0. The van der Waals surface area contributed by atoms with Gasteiger partial charge in [-0.1, -0.05) is 26.2 Å². The second-order valence-electron chi connectivity index (χ2n) is 5.42. The summed E-state index contributed by atoms with van der Waals surface area (Å²) in [5.41, 5.74) is -1.03. The van der Waals surface area contributed by atoms with E-state index < -0.39 is 18.3 Å². The molecule has 0 atom stereocenters. The Labute approximate surface area is 104 Å². The molecule has 0 aliphatic heterocycles. The molecule has 0 fully saturated rings. The van der Waals surface area contributed by atoms with Gasteiger partial charge < -0.3 is 17.7 Å². The van der Waals surface area contributed by atoms with Crippen LogP contribution in [-0.4, -0.2) is 13.6 Å². The summed E-state index contributed by atoms with van der Waals surface area (Å²) in [5, 5.41) is 0. The van der Waals surface area contributed by atoms with Crippen molar-refractivity contribution < 1.29 is 22.1 Å². The van der Waals surface area contributed by atoms with Gasteiger partial charge in [-0.15, -0.1) is 0 Å². The first-order valence-corrected chi connectivity index (χ1v) is 5.72. The van der Waals surface area contributed by atoms with E-state index in [2.05, 4.69) is 0 Å². The quantitative estimate of drug-likeness (QED) is 0.594. The van der Waals surface area contributed by atoms with Crippen LogP contribution in [0.1, 0.15) is 27.2 Å². The van der Waals surface area contributed by atoms with E-state index in [0.29, 0.717) is 12.5 Å². The van der Waals surface area contributed by atoms with Crippen LogP contribution < -0.4 is 10.2 Å². The number of halogens is 4. The molecule has 0 radical (unpaired) electrons. The Morgan fingerprint density at radius 3 is 2.28 bits per heavy atom. The highest BCUT2D eigenvalue weighted by Crippen LogP contribution is 2.22.